The second kappa shape index (κ2) is 7.97. The predicted molar refractivity (Wildman–Crippen MR) is 105 cm³/mol. The first kappa shape index (κ1) is 17.2. The zero-order valence-electron chi connectivity index (χ0n) is 14.6. The van der Waals surface area contributed by atoms with Crippen molar-refractivity contribution >= 4 is 11.1 Å². The average Bonchev–Trinajstić information content (AvgIpc) is 2.73. The Balaban J connectivity index is 2.25. The van der Waals surface area contributed by atoms with Crippen LogP contribution in [0.1, 0.15) is 41.2 Å². The second-order valence-electron chi connectivity index (χ2n) is 5.95. The largest absolute Gasteiger partial charge is 0.192 e. The molecule has 0 bridgehead atoms. The highest BCUT2D eigenvalue weighted by Gasteiger charge is 2.13. The zero-order chi connectivity index (χ0) is 18.4. The third-order valence-corrected chi connectivity index (χ3v) is 4.38. The highest BCUT2D eigenvalue weighted by molar-refractivity contribution is 5.98. The van der Waals surface area contributed by atoms with Crippen LogP contribution in [0.4, 0.5) is 0 Å². The number of hydrogen-bond acceptors (Lipinski definition) is 2. The topological polar surface area (TPSA) is 47.6 Å². The molecule has 3 aromatic rings. The van der Waals surface area contributed by atoms with E-state index >= 15 is 0 Å². The molecule has 0 unspecified atom stereocenters. The highest BCUT2D eigenvalue weighted by atomic mass is 14.2. The summed E-state index contributed by atoms with van der Waals surface area (Å²) in [5, 5.41) is 18.2. The van der Waals surface area contributed by atoms with Crippen LogP contribution in [-0.4, -0.2) is 0 Å². The lowest BCUT2D eigenvalue weighted by atomic mass is 9.87. The first-order valence-electron chi connectivity index (χ1n) is 8.56. The van der Waals surface area contributed by atoms with Gasteiger partial charge in [0.25, 0.3) is 0 Å². The molecule has 124 valence electrons. The number of allylic oxidation sites excluding steroid dienone is 1. The number of benzene rings is 3. The lowest BCUT2D eigenvalue weighted by molar-refractivity contribution is 1.24. The van der Waals surface area contributed by atoms with E-state index in [0.29, 0.717) is 11.1 Å². The Morgan fingerprint density at radius 2 is 1.12 bits per heavy atom. The number of hydrogen-bond donors (Lipinski definition) is 0. The van der Waals surface area contributed by atoms with Crippen molar-refractivity contribution in [1.29, 1.82) is 10.5 Å². The van der Waals surface area contributed by atoms with E-state index in [-0.39, 0.29) is 0 Å². The second-order valence-corrected chi connectivity index (χ2v) is 5.95. The molecule has 0 aliphatic heterocycles. The van der Waals surface area contributed by atoms with Crippen molar-refractivity contribution in [2.24, 2.45) is 0 Å². The molecule has 0 aliphatic carbocycles. The molecule has 2 nitrogen and oxygen atoms in total. The molecule has 0 aliphatic rings. The quantitative estimate of drug-likeness (QED) is 0.566. The summed E-state index contributed by atoms with van der Waals surface area (Å²) >= 11 is 0. The SMILES string of the molecule is CCC(=C(c1ccc(C#N)cc1)c1ccc(C#N)cc1)c1ccccc1. The molecule has 0 radical (unpaired) electrons. The smallest absolute Gasteiger partial charge is 0.0991 e. The van der Waals surface area contributed by atoms with Crippen LogP contribution >= 0.6 is 0 Å². The van der Waals surface area contributed by atoms with E-state index in [1.165, 1.54) is 11.1 Å². The summed E-state index contributed by atoms with van der Waals surface area (Å²) in [6, 6.07) is 30.0. The minimum absolute atomic E-state index is 0.644. The minimum Gasteiger partial charge on any atom is -0.192 e. The van der Waals surface area contributed by atoms with Gasteiger partial charge in [-0.3, -0.25) is 0 Å². The Labute approximate surface area is 154 Å². The third-order valence-electron chi connectivity index (χ3n) is 4.38. The molecule has 0 heterocycles. The molecule has 0 saturated carbocycles. The zero-order valence-corrected chi connectivity index (χ0v) is 14.6. The van der Waals surface area contributed by atoms with Gasteiger partial charge in [-0.25, -0.2) is 0 Å². The summed E-state index contributed by atoms with van der Waals surface area (Å²) in [6.45, 7) is 2.15. The van der Waals surface area contributed by atoms with Crippen LogP contribution in [0.2, 0.25) is 0 Å². The van der Waals surface area contributed by atoms with E-state index in [1.807, 2.05) is 66.7 Å². The number of nitriles is 2. The van der Waals surface area contributed by atoms with Crippen LogP contribution in [0.15, 0.2) is 78.9 Å². The van der Waals surface area contributed by atoms with E-state index in [1.54, 1.807) is 0 Å². The molecule has 0 spiro atoms. The molecule has 3 rings (SSSR count). The van der Waals surface area contributed by atoms with Crippen molar-refractivity contribution < 1.29 is 0 Å². The summed E-state index contributed by atoms with van der Waals surface area (Å²) in [5.41, 5.74) is 6.96. The standard InChI is InChI=1S/C24H18N2/c1-2-23(20-6-4-3-5-7-20)24(21-12-8-18(16-25)9-13-21)22-14-10-19(17-26)11-15-22/h3-15H,2H2,1H3. The summed E-state index contributed by atoms with van der Waals surface area (Å²) in [6.07, 6.45) is 0.874. The van der Waals surface area contributed by atoms with Crippen LogP contribution in [0, 0.1) is 22.7 Å². The van der Waals surface area contributed by atoms with Crippen LogP contribution < -0.4 is 0 Å². The Bertz CT molecular complexity index is 938. The predicted octanol–water partition coefficient (Wildman–Crippen LogP) is 5.80. The molecular formula is C24H18N2. The normalized spacial score (nSPS) is 9.81. The fourth-order valence-electron chi connectivity index (χ4n) is 3.10. The maximum absolute atomic E-state index is 9.08. The minimum atomic E-state index is 0.644. The van der Waals surface area contributed by atoms with Crippen molar-refractivity contribution in [3.8, 4) is 12.1 Å². The first-order chi connectivity index (χ1) is 12.8. The van der Waals surface area contributed by atoms with Crippen molar-refractivity contribution in [3.63, 3.8) is 0 Å². The maximum atomic E-state index is 9.08. The molecule has 3 aromatic carbocycles. The summed E-state index contributed by atoms with van der Waals surface area (Å²) in [7, 11) is 0. The van der Waals surface area contributed by atoms with E-state index < -0.39 is 0 Å². The molecule has 0 aromatic heterocycles. The van der Waals surface area contributed by atoms with Gasteiger partial charge in [-0.15, -0.1) is 0 Å². The van der Waals surface area contributed by atoms with E-state index in [2.05, 4.69) is 31.2 Å². The van der Waals surface area contributed by atoms with Crippen molar-refractivity contribution in [3.05, 3.63) is 107 Å². The Kier molecular flexibility index (Phi) is 5.28. The van der Waals surface area contributed by atoms with E-state index in [4.69, 9.17) is 10.5 Å². The van der Waals surface area contributed by atoms with Crippen LogP contribution in [-0.2, 0) is 0 Å². The van der Waals surface area contributed by atoms with Gasteiger partial charge in [-0.2, -0.15) is 10.5 Å². The Morgan fingerprint density at radius 1 is 0.654 bits per heavy atom. The summed E-state index contributed by atoms with van der Waals surface area (Å²) < 4.78 is 0. The third kappa shape index (κ3) is 3.56. The number of nitrogens with zero attached hydrogens (tertiary/aromatic N) is 2. The van der Waals surface area contributed by atoms with Gasteiger partial charge in [0.15, 0.2) is 0 Å². The van der Waals surface area contributed by atoms with Crippen molar-refractivity contribution in [1.82, 2.24) is 0 Å². The molecule has 0 fully saturated rings. The monoisotopic (exact) mass is 334 g/mol. The van der Waals surface area contributed by atoms with Gasteiger partial charge in [-0.05, 0) is 58.5 Å². The van der Waals surface area contributed by atoms with Gasteiger partial charge in [0.1, 0.15) is 0 Å². The molecule has 26 heavy (non-hydrogen) atoms. The summed E-state index contributed by atoms with van der Waals surface area (Å²) in [4.78, 5) is 0. The summed E-state index contributed by atoms with van der Waals surface area (Å²) in [5.74, 6) is 0. The van der Waals surface area contributed by atoms with E-state index in [0.717, 1.165) is 23.1 Å². The Morgan fingerprint density at radius 3 is 1.50 bits per heavy atom. The molecule has 2 heteroatoms. The Hall–Kier alpha value is -3.62. The van der Waals surface area contributed by atoms with Crippen LogP contribution in [0.5, 0.6) is 0 Å². The van der Waals surface area contributed by atoms with Gasteiger partial charge >= 0.3 is 0 Å². The lowest BCUT2D eigenvalue weighted by Gasteiger charge is -2.16. The fraction of sp³-hybridized carbons (Fsp3) is 0.0833. The molecule has 0 N–H and O–H groups in total. The molecule has 0 saturated heterocycles. The van der Waals surface area contributed by atoms with Gasteiger partial charge < -0.3 is 0 Å². The van der Waals surface area contributed by atoms with Crippen molar-refractivity contribution in [2.45, 2.75) is 13.3 Å². The first-order valence-corrected chi connectivity index (χ1v) is 8.56. The number of rotatable bonds is 4. The maximum Gasteiger partial charge on any atom is 0.0991 e. The fourth-order valence-corrected chi connectivity index (χ4v) is 3.10. The molecule has 0 atom stereocenters. The molecular weight excluding hydrogens is 316 g/mol. The van der Waals surface area contributed by atoms with Crippen LogP contribution in [0.3, 0.4) is 0 Å². The average molecular weight is 334 g/mol. The van der Waals surface area contributed by atoms with Crippen LogP contribution in [0.25, 0.3) is 11.1 Å². The highest BCUT2D eigenvalue weighted by Crippen LogP contribution is 2.34. The van der Waals surface area contributed by atoms with Gasteiger partial charge in [-0.1, -0.05) is 61.5 Å². The van der Waals surface area contributed by atoms with Gasteiger partial charge in [0.05, 0.1) is 23.3 Å². The van der Waals surface area contributed by atoms with Gasteiger partial charge in [0, 0.05) is 0 Å². The van der Waals surface area contributed by atoms with E-state index in [9.17, 15) is 0 Å². The molecule has 0 amide bonds. The lowest BCUT2D eigenvalue weighted by Crippen LogP contribution is -1.95. The van der Waals surface area contributed by atoms with Crippen molar-refractivity contribution in [2.75, 3.05) is 0 Å². The van der Waals surface area contributed by atoms with Gasteiger partial charge in [0.2, 0.25) is 0 Å².